The van der Waals surface area contributed by atoms with Gasteiger partial charge in [-0.1, -0.05) is 44.2 Å². The molecule has 0 unspecified atom stereocenters. The number of rotatable bonds is 3. The number of fused-ring (bicyclic) bond motifs is 1. The molecule has 0 radical (unpaired) electrons. The molecule has 2 N–H and O–H groups in total. The first kappa shape index (κ1) is 15.8. The van der Waals surface area contributed by atoms with Crippen molar-refractivity contribution in [1.29, 1.82) is 0 Å². The summed E-state index contributed by atoms with van der Waals surface area (Å²) < 4.78 is 0. The molecule has 4 nitrogen and oxygen atoms in total. The number of para-hydroxylation sites is 1. The Bertz CT molecular complexity index is 727. The third-order valence-electron chi connectivity index (χ3n) is 4.81. The molecule has 1 aromatic carbocycles. The van der Waals surface area contributed by atoms with Crippen molar-refractivity contribution in [3.63, 3.8) is 0 Å². The molecule has 1 saturated carbocycles. The maximum Gasteiger partial charge on any atom is 0.256 e. The first-order valence-electron chi connectivity index (χ1n) is 8.64. The quantitative estimate of drug-likeness (QED) is 0.909. The molecule has 1 aliphatic rings. The van der Waals surface area contributed by atoms with Crippen LogP contribution >= 0.6 is 0 Å². The molecule has 1 aromatic heterocycles. The smallest absolute Gasteiger partial charge is 0.256 e. The first-order chi connectivity index (χ1) is 11.3. The highest BCUT2D eigenvalue weighted by molar-refractivity contribution is 5.97. The van der Waals surface area contributed by atoms with Gasteiger partial charge in [0.05, 0.1) is 0 Å². The minimum atomic E-state index is -0.265. The number of carbonyl (C=O) groups is 1. The van der Waals surface area contributed by atoms with Crippen LogP contribution in [0.25, 0.3) is 10.9 Å². The molecule has 0 spiro atoms. The molecule has 23 heavy (non-hydrogen) atoms. The lowest BCUT2D eigenvalue weighted by atomic mass is 9.91. The zero-order valence-electron chi connectivity index (χ0n) is 13.4. The zero-order chi connectivity index (χ0) is 16.1. The van der Waals surface area contributed by atoms with E-state index in [4.69, 9.17) is 0 Å². The number of pyridine rings is 1. The Morgan fingerprint density at radius 1 is 1.09 bits per heavy atom. The highest BCUT2D eigenvalue weighted by atomic mass is 16.2. The molecule has 1 heterocycles. The molecule has 122 valence electrons. The highest BCUT2D eigenvalue weighted by Gasteiger charge is 2.16. The standard InChI is InChI=1S/C19H24N2O2/c22-18-15-10-6-7-11-17(15)20-13-16(18)19(23)21-12-14-8-4-2-1-3-5-9-14/h6-7,10-11,13-14H,1-5,8-9,12H2,(H,20,22)(H,21,23). The largest absolute Gasteiger partial charge is 0.360 e. The van der Waals surface area contributed by atoms with E-state index in [9.17, 15) is 9.59 Å². The summed E-state index contributed by atoms with van der Waals surface area (Å²) in [6.07, 6.45) is 10.3. The van der Waals surface area contributed by atoms with E-state index in [1.54, 1.807) is 6.07 Å². The van der Waals surface area contributed by atoms with Gasteiger partial charge >= 0.3 is 0 Å². The fourth-order valence-corrected chi connectivity index (χ4v) is 3.41. The van der Waals surface area contributed by atoms with E-state index in [1.165, 1.54) is 51.1 Å². The first-order valence-corrected chi connectivity index (χ1v) is 8.64. The number of hydrogen-bond acceptors (Lipinski definition) is 2. The molecule has 1 aliphatic carbocycles. The van der Waals surface area contributed by atoms with E-state index < -0.39 is 0 Å². The monoisotopic (exact) mass is 312 g/mol. The molecule has 2 aromatic rings. The van der Waals surface area contributed by atoms with Crippen molar-refractivity contribution >= 4 is 16.8 Å². The van der Waals surface area contributed by atoms with E-state index in [0.29, 0.717) is 17.8 Å². The van der Waals surface area contributed by atoms with E-state index in [2.05, 4.69) is 10.3 Å². The molecule has 0 aliphatic heterocycles. The van der Waals surface area contributed by atoms with Crippen molar-refractivity contribution in [1.82, 2.24) is 10.3 Å². The summed E-state index contributed by atoms with van der Waals surface area (Å²) >= 11 is 0. The van der Waals surface area contributed by atoms with Gasteiger partial charge in [-0.3, -0.25) is 9.59 Å². The van der Waals surface area contributed by atoms with Crippen molar-refractivity contribution in [2.24, 2.45) is 5.92 Å². The molecule has 0 atom stereocenters. The van der Waals surface area contributed by atoms with Crippen molar-refractivity contribution in [3.8, 4) is 0 Å². The van der Waals surface area contributed by atoms with Gasteiger partial charge in [-0.15, -0.1) is 0 Å². The van der Waals surface area contributed by atoms with Crippen LogP contribution in [0.15, 0.2) is 35.3 Å². The topological polar surface area (TPSA) is 62.0 Å². The molecule has 4 heteroatoms. The fourth-order valence-electron chi connectivity index (χ4n) is 3.41. The van der Waals surface area contributed by atoms with Crippen LogP contribution in [-0.4, -0.2) is 17.4 Å². The van der Waals surface area contributed by atoms with Gasteiger partial charge in [0.2, 0.25) is 5.43 Å². The van der Waals surface area contributed by atoms with Crippen LogP contribution in [0.2, 0.25) is 0 Å². The lowest BCUT2D eigenvalue weighted by Gasteiger charge is -2.19. The SMILES string of the molecule is O=C(NCC1CCCCCCC1)c1c[nH]c2ccccc2c1=O. The number of H-pyrrole nitrogens is 1. The van der Waals surface area contributed by atoms with E-state index in [0.717, 1.165) is 5.52 Å². The van der Waals surface area contributed by atoms with Crippen LogP contribution < -0.4 is 10.7 Å². The lowest BCUT2D eigenvalue weighted by Crippen LogP contribution is -2.33. The molecular weight excluding hydrogens is 288 g/mol. The Morgan fingerprint density at radius 2 is 1.78 bits per heavy atom. The summed E-state index contributed by atoms with van der Waals surface area (Å²) in [6, 6.07) is 7.27. The Hall–Kier alpha value is -2.10. The van der Waals surface area contributed by atoms with Gasteiger partial charge in [0, 0.05) is 23.6 Å². The van der Waals surface area contributed by atoms with Crippen molar-refractivity contribution in [3.05, 3.63) is 46.2 Å². The van der Waals surface area contributed by atoms with Gasteiger partial charge < -0.3 is 10.3 Å². The number of hydrogen-bond donors (Lipinski definition) is 2. The minimum absolute atomic E-state index is 0.200. The zero-order valence-corrected chi connectivity index (χ0v) is 13.4. The third-order valence-corrected chi connectivity index (χ3v) is 4.81. The molecular formula is C19H24N2O2. The fraction of sp³-hybridized carbons (Fsp3) is 0.474. The number of carbonyl (C=O) groups excluding carboxylic acids is 1. The molecule has 3 rings (SSSR count). The second-order valence-electron chi connectivity index (χ2n) is 6.50. The summed E-state index contributed by atoms with van der Waals surface area (Å²) in [5.41, 5.74) is 0.762. The maximum atomic E-state index is 12.4. The molecule has 0 saturated heterocycles. The Labute approximate surface area is 136 Å². The third kappa shape index (κ3) is 3.81. The average molecular weight is 312 g/mol. The molecule has 1 amide bonds. The van der Waals surface area contributed by atoms with Crippen molar-refractivity contribution in [2.75, 3.05) is 6.54 Å². The Kier molecular flexibility index (Phi) is 5.11. The van der Waals surface area contributed by atoms with Gasteiger partial charge in [-0.25, -0.2) is 0 Å². The number of aromatic amines is 1. The lowest BCUT2D eigenvalue weighted by molar-refractivity contribution is 0.0943. The van der Waals surface area contributed by atoms with E-state index in [-0.39, 0.29) is 16.9 Å². The summed E-state index contributed by atoms with van der Waals surface area (Å²) in [5, 5.41) is 3.52. The number of nitrogens with one attached hydrogen (secondary N) is 2. The Balaban J connectivity index is 1.68. The van der Waals surface area contributed by atoms with Crippen molar-refractivity contribution in [2.45, 2.75) is 44.9 Å². The van der Waals surface area contributed by atoms with Crippen LogP contribution in [-0.2, 0) is 0 Å². The van der Waals surface area contributed by atoms with Crippen LogP contribution in [0.5, 0.6) is 0 Å². The maximum absolute atomic E-state index is 12.4. The van der Waals surface area contributed by atoms with Gasteiger partial charge in [0.15, 0.2) is 0 Å². The second-order valence-corrected chi connectivity index (χ2v) is 6.50. The molecule has 0 bridgehead atoms. The van der Waals surface area contributed by atoms with E-state index in [1.807, 2.05) is 18.2 Å². The van der Waals surface area contributed by atoms with Crippen LogP contribution in [0.4, 0.5) is 0 Å². The van der Waals surface area contributed by atoms with Gasteiger partial charge in [-0.2, -0.15) is 0 Å². The van der Waals surface area contributed by atoms with Gasteiger partial charge in [0.25, 0.3) is 5.91 Å². The summed E-state index contributed by atoms with van der Waals surface area (Å²) in [5.74, 6) is 0.276. The van der Waals surface area contributed by atoms with Crippen molar-refractivity contribution < 1.29 is 4.79 Å². The average Bonchev–Trinajstić information content (AvgIpc) is 2.54. The van der Waals surface area contributed by atoms with Crippen LogP contribution in [0.1, 0.15) is 55.3 Å². The Morgan fingerprint density at radius 3 is 2.57 bits per heavy atom. The summed E-state index contributed by atoms with van der Waals surface area (Å²) in [4.78, 5) is 27.9. The second kappa shape index (κ2) is 7.44. The number of aromatic nitrogens is 1. The minimum Gasteiger partial charge on any atom is -0.360 e. The van der Waals surface area contributed by atoms with Crippen LogP contribution in [0, 0.1) is 5.92 Å². The van der Waals surface area contributed by atoms with Gasteiger partial charge in [-0.05, 0) is 30.9 Å². The van der Waals surface area contributed by atoms with Gasteiger partial charge in [0.1, 0.15) is 5.56 Å². The number of benzene rings is 1. The normalized spacial score (nSPS) is 16.7. The summed E-state index contributed by atoms with van der Waals surface area (Å²) in [7, 11) is 0. The highest BCUT2D eigenvalue weighted by Crippen LogP contribution is 2.21. The number of amides is 1. The molecule has 1 fully saturated rings. The van der Waals surface area contributed by atoms with Crippen LogP contribution in [0.3, 0.4) is 0 Å². The van der Waals surface area contributed by atoms with E-state index >= 15 is 0 Å². The predicted molar refractivity (Wildman–Crippen MR) is 92.7 cm³/mol. The summed E-state index contributed by atoms with van der Waals surface area (Å²) in [6.45, 7) is 0.672. The predicted octanol–water partition coefficient (Wildman–Crippen LogP) is 3.62.